The van der Waals surface area contributed by atoms with E-state index in [2.05, 4.69) is 16.9 Å². The van der Waals surface area contributed by atoms with Crippen LogP contribution in [-0.4, -0.2) is 38.4 Å². The van der Waals surface area contributed by atoms with Crippen molar-refractivity contribution in [2.75, 3.05) is 13.1 Å². The van der Waals surface area contributed by atoms with Gasteiger partial charge in [0.05, 0.1) is 5.39 Å². The molecular weight excluding hydrogens is 328 g/mol. The van der Waals surface area contributed by atoms with Gasteiger partial charge in [0.15, 0.2) is 5.65 Å². The number of amides is 1. The number of carbonyl (C=O) groups is 1. The Kier molecular flexibility index (Phi) is 4.74. The Morgan fingerprint density at radius 3 is 2.77 bits per heavy atom. The molecule has 138 valence electrons. The van der Waals surface area contributed by atoms with Crippen molar-refractivity contribution in [3.05, 3.63) is 34.0 Å². The maximum Gasteiger partial charge on any atom is 0.263 e. The summed E-state index contributed by atoms with van der Waals surface area (Å²) >= 11 is 0. The molecule has 2 aromatic heterocycles. The van der Waals surface area contributed by atoms with Crippen molar-refractivity contribution in [2.45, 2.75) is 58.4 Å². The third kappa shape index (κ3) is 3.37. The van der Waals surface area contributed by atoms with E-state index in [0.29, 0.717) is 17.0 Å². The van der Waals surface area contributed by atoms with Gasteiger partial charge in [0.1, 0.15) is 12.9 Å². The minimum absolute atomic E-state index is 0.00897. The summed E-state index contributed by atoms with van der Waals surface area (Å²) in [4.78, 5) is 36.4. The Bertz CT molecular complexity index is 881. The van der Waals surface area contributed by atoms with Crippen LogP contribution in [-0.2, 0) is 24.2 Å². The van der Waals surface area contributed by atoms with E-state index in [1.165, 1.54) is 23.7 Å². The highest BCUT2D eigenvalue weighted by Gasteiger charge is 2.20. The van der Waals surface area contributed by atoms with Gasteiger partial charge < -0.3 is 4.90 Å². The molecule has 0 N–H and O–H groups in total. The summed E-state index contributed by atoms with van der Waals surface area (Å²) in [5.41, 5.74) is 2.57. The normalized spacial score (nSPS) is 20.7. The summed E-state index contributed by atoms with van der Waals surface area (Å²) in [5, 5.41) is 0.531. The lowest BCUT2D eigenvalue weighted by Gasteiger charge is -2.21. The van der Waals surface area contributed by atoms with Crippen molar-refractivity contribution in [3.63, 3.8) is 0 Å². The number of aryl methyl sites for hydroxylation is 1. The molecule has 26 heavy (non-hydrogen) atoms. The Morgan fingerprint density at radius 2 is 2.00 bits per heavy atom. The van der Waals surface area contributed by atoms with Crippen LogP contribution in [0.2, 0.25) is 0 Å². The van der Waals surface area contributed by atoms with Crippen LogP contribution < -0.4 is 5.56 Å². The molecule has 1 fully saturated rings. The van der Waals surface area contributed by atoms with Gasteiger partial charge in [-0.05, 0) is 49.7 Å². The van der Waals surface area contributed by atoms with Crippen LogP contribution >= 0.6 is 0 Å². The van der Waals surface area contributed by atoms with Gasteiger partial charge in [0, 0.05) is 18.8 Å². The molecule has 0 saturated carbocycles. The van der Waals surface area contributed by atoms with Crippen LogP contribution in [0.5, 0.6) is 0 Å². The molecule has 1 aliphatic carbocycles. The molecule has 6 nitrogen and oxygen atoms in total. The van der Waals surface area contributed by atoms with Gasteiger partial charge in [-0.1, -0.05) is 19.8 Å². The fraction of sp³-hybridized carbons (Fsp3) is 0.600. The molecule has 0 bridgehead atoms. The lowest BCUT2D eigenvalue weighted by atomic mass is 9.87. The van der Waals surface area contributed by atoms with E-state index >= 15 is 0 Å². The fourth-order valence-corrected chi connectivity index (χ4v) is 4.10. The van der Waals surface area contributed by atoms with Crippen molar-refractivity contribution in [2.24, 2.45) is 5.92 Å². The van der Waals surface area contributed by atoms with Crippen LogP contribution in [0.1, 0.15) is 50.3 Å². The summed E-state index contributed by atoms with van der Waals surface area (Å²) in [6, 6.07) is 1.95. The minimum Gasteiger partial charge on any atom is -0.341 e. The fourth-order valence-electron chi connectivity index (χ4n) is 4.10. The van der Waals surface area contributed by atoms with E-state index < -0.39 is 0 Å². The first-order chi connectivity index (χ1) is 12.6. The highest BCUT2D eigenvalue weighted by atomic mass is 16.2. The molecule has 3 heterocycles. The minimum atomic E-state index is -0.160. The van der Waals surface area contributed by atoms with Crippen LogP contribution in [0, 0.1) is 5.92 Å². The van der Waals surface area contributed by atoms with Crippen molar-refractivity contribution in [1.29, 1.82) is 0 Å². The topological polar surface area (TPSA) is 68.1 Å². The third-order valence-corrected chi connectivity index (χ3v) is 5.69. The average Bonchev–Trinajstić information content (AvgIpc) is 2.92. The lowest BCUT2D eigenvalue weighted by molar-refractivity contribution is -0.131. The first-order valence-corrected chi connectivity index (χ1v) is 9.77. The van der Waals surface area contributed by atoms with E-state index in [1.54, 1.807) is 0 Å². The Morgan fingerprint density at radius 1 is 1.23 bits per heavy atom. The number of nitrogens with zero attached hydrogens (tertiary/aromatic N) is 4. The standard InChI is InChI=1S/C20H26N4O2/c1-14-6-7-17-15(10-14)11-16-19(22-17)21-13-24(20(16)26)12-18(25)23-8-4-2-3-5-9-23/h11,13-14H,2-10,12H2,1H3/t14-/m1/s1. The summed E-state index contributed by atoms with van der Waals surface area (Å²) in [7, 11) is 0. The van der Waals surface area contributed by atoms with Crippen LogP contribution in [0.15, 0.2) is 17.2 Å². The van der Waals surface area contributed by atoms with Crippen molar-refractivity contribution < 1.29 is 4.79 Å². The highest BCUT2D eigenvalue weighted by Crippen LogP contribution is 2.25. The number of aromatic nitrogens is 3. The van der Waals surface area contributed by atoms with Gasteiger partial charge >= 0.3 is 0 Å². The second-order valence-electron chi connectivity index (χ2n) is 7.79. The SMILES string of the molecule is C[C@@H]1CCc2nc3ncn(CC(=O)N4CCCCCC4)c(=O)c3cc2C1. The zero-order chi connectivity index (χ0) is 18.1. The van der Waals surface area contributed by atoms with Gasteiger partial charge in [-0.15, -0.1) is 0 Å². The monoisotopic (exact) mass is 354 g/mol. The first kappa shape index (κ1) is 17.2. The number of fused-ring (bicyclic) bond motifs is 2. The molecule has 1 amide bonds. The van der Waals surface area contributed by atoms with E-state index in [9.17, 15) is 9.59 Å². The molecule has 1 aliphatic heterocycles. The molecule has 0 aromatic carbocycles. The van der Waals surface area contributed by atoms with Crippen molar-refractivity contribution in [3.8, 4) is 0 Å². The van der Waals surface area contributed by atoms with Crippen LogP contribution in [0.3, 0.4) is 0 Å². The van der Waals surface area contributed by atoms with E-state index in [0.717, 1.165) is 56.5 Å². The molecule has 0 radical (unpaired) electrons. The van der Waals surface area contributed by atoms with Crippen molar-refractivity contribution >= 4 is 16.9 Å². The third-order valence-electron chi connectivity index (χ3n) is 5.69. The maximum atomic E-state index is 12.9. The molecule has 2 aliphatic rings. The largest absolute Gasteiger partial charge is 0.341 e. The number of carbonyl (C=O) groups excluding carboxylic acids is 1. The predicted octanol–water partition coefficient (Wildman–Crippen LogP) is 2.32. The number of hydrogen-bond acceptors (Lipinski definition) is 4. The Balaban J connectivity index is 1.62. The second kappa shape index (κ2) is 7.17. The predicted molar refractivity (Wildman–Crippen MR) is 100 cm³/mol. The molecule has 1 atom stereocenters. The van der Waals surface area contributed by atoms with Gasteiger partial charge in [0.2, 0.25) is 5.91 Å². The highest BCUT2D eigenvalue weighted by molar-refractivity contribution is 5.78. The van der Waals surface area contributed by atoms with Gasteiger partial charge in [0.25, 0.3) is 5.56 Å². The summed E-state index contributed by atoms with van der Waals surface area (Å²) in [6.45, 7) is 3.88. The summed E-state index contributed by atoms with van der Waals surface area (Å²) in [6.07, 6.45) is 8.96. The van der Waals surface area contributed by atoms with E-state index in [-0.39, 0.29) is 18.0 Å². The summed E-state index contributed by atoms with van der Waals surface area (Å²) < 4.78 is 1.44. The Hall–Kier alpha value is -2.24. The van der Waals surface area contributed by atoms with E-state index in [4.69, 9.17) is 0 Å². The van der Waals surface area contributed by atoms with E-state index in [1.807, 2.05) is 11.0 Å². The molecule has 6 heteroatoms. The molecule has 4 rings (SSSR count). The van der Waals surface area contributed by atoms with Gasteiger partial charge in [-0.25, -0.2) is 9.97 Å². The number of pyridine rings is 1. The van der Waals surface area contributed by atoms with Crippen molar-refractivity contribution in [1.82, 2.24) is 19.4 Å². The average molecular weight is 354 g/mol. The molecule has 1 saturated heterocycles. The van der Waals surface area contributed by atoms with Crippen LogP contribution in [0.25, 0.3) is 11.0 Å². The lowest BCUT2D eigenvalue weighted by Crippen LogP contribution is -2.37. The smallest absolute Gasteiger partial charge is 0.263 e. The zero-order valence-corrected chi connectivity index (χ0v) is 15.4. The number of rotatable bonds is 2. The quantitative estimate of drug-likeness (QED) is 0.830. The Labute approximate surface area is 153 Å². The second-order valence-corrected chi connectivity index (χ2v) is 7.79. The number of hydrogen-bond donors (Lipinski definition) is 0. The number of likely N-dealkylation sites (tertiary alicyclic amines) is 1. The molecule has 2 aromatic rings. The van der Waals surface area contributed by atoms with Crippen LogP contribution in [0.4, 0.5) is 0 Å². The van der Waals surface area contributed by atoms with Gasteiger partial charge in [-0.3, -0.25) is 14.2 Å². The maximum absolute atomic E-state index is 12.9. The summed E-state index contributed by atoms with van der Waals surface area (Å²) in [5.74, 6) is 0.625. The molecular formula is C20H26N4O2. The molecule has 0 spiro atoms. The zero-order valence-electron chi connectivity index (χ0n) is 15.4. The van der Waals surface area contributed by atoms with Gasteiger partial charge in [-0.2, -0.15) is 0 Å². The first-order valence-electron chi connectivity index (χ1n) is 9.77. The molecule has 0 unspecified atom stereocenters.